The van der Waals surface area contributed by atoms with Gasteiger partial charge in [-0.3, -0.25) is 9.59 Å². The van der Waals surface area contributed by atoms with E-state index < -0.39 is 11.7 Å². The molecular formula is C15H27NO6S. The predicted octanol–water partition coefficient (Wildman–Crippen LogP) is 1.99. The van der Waals surface area contributed by atoms with Crippen LogP contribution in [-0.2, 0) is 23.8 Å². The van der Waals surface area contributed by atoms with E-state index in [1.54, 1.807) is 27.7 Å². The molecule has 1 atom stereocenters. The summed E-state index contributed by atoms with van der Waals surface area (Å²) in [6, 6.07) is 0. The maximum absolute atomic E-state index is 11.7. The highest BCUT2D eigenvalue weighted by Crippen LogP contribution is 2.11. The van der Waals surface area contributed by atoms with Gasteiger partial charge in [0.2, 0.25) is 0 Å². The van der Waals surface area contributed by atoms with Gasteiger partial charge in [-0.2, -0.15) is 11.8 Å². The lowest BCUT2D eigenvalue weighted by Gasteiger charge is -2.19. The lowest BCUT2D eigenvalue weighted by Crippen LogP contribution is -2.34. The van der Waals surface area contributed by atoms with Crippen LogP contribution in [0.3, 0.4) is 0 Å². The van der Waals surface area contributed by atoms with Gasteiger partial charge in [-0.05, 0) is 20.8 Å². The molecule has 0 saturated carbocycles. The first-order chi connectivity index (χ1) is 10.7. The van der Waals surface area contributed by atoms with Crippen molar-refractivity contribution in [2.75, 3.05) is 31.8 Å². The SMILES string of the molecule is COC(=O)CCSCC(C)C(=O)OCCNC(=O)OC(C)(C)C. The normalized spacial score (nSPS) is 12.2. The highest BCUT2D eigenvalue weighted by atomic mass is 32.2. The molecule has 0 aromatic heterocycles. The number of methoxy groups -OCH3 is 1. The number of esters is 2. The molecule has 0 spiro atoms. The van der Waals surface area contributed by atoms with E-state index in [9.17, 15) is 14.4 Å². The maximum Gasteiger partial charge on any atom is 0.407 e. The first-order valence-corrected chi connectivity index (χ1v) is 8.59. The van der Waals surface area contributed by atoms with E-state index in [1.165, 1.54) is 18.9 Å². The molecule has 0 fully saturated rings. The second kappa shape index (κ2) is 11.2. The second-order valence-corrected chi connectivity index (χ2v) is 7.05. The molecule has 0 aromatic rings. The van der Waals surface area contributed by atoms with E-state index in [0.717, 1.165) is 0 Å². The number of carbonyl (C=O) groups excluding carboxylic acids is 3. The Morgan fingerprint density at radius 1 is 1.22 bits per heavy atom. The number of hydrogen-bond donors (Lipinski definition) is 1. The summed E-state index contributed by atoms with van der Waals surface area (Å²) in [5.74, 6) is 0.293. The van der Waals surface area contributed by atoms with Crippen molar-refractivity contribution in [2.24, 2.45) is 5.92 Å². The van der Waals surface area contributed by atoms with Crippen LogP contribution in [0.1, 0.15) is 34.1 Å². The highest BCUT2D eigenvalue weighted by molar-refractivity contribution is 7.99. The molecule has 8 heteroatoms. The van der Waals surface area contributed by atoms with E-state index in [0.29, 0.717) is 17.9 Å². The van der Waals surface area contributed by atoms with Crippen molar-refractivity contribution in [1.82, 2.24) is 5.32 Å². The zero-order chi connectivity index (χ0) is 17.9. The molecule has 0 aliphatic heterocycles. The summed E-state index contributed by atoms with van der Waals surface area (Å²) in [6.07, 6.45) is -0.220. The van der Waals surface area contributed by atoms with Crippen LogP contribution in [0.15, 0.2) is 0 Å². The van der Waals surface area contributed by atoms with Crippen LogP contribution in [0.2, 0.25) is 0 Å². The second-order valence-electron chi connectivity index (χ2n) is 5.90. The van der Waals surface area contributed by atoms with Gasteiger partial charge < -0.3 is 19.5 Å². The largest absolute Gasteiger partial charge is 0.469 e. The monoisotopic (exact) mass is 349 g/mol. The highest BCUT2D eigenvalue weighted by Gasteiger charge is 2.17. The van der Waals surface area contributed by atoms with E-state index >= 15 is 0 Å². The summed E-state index contributed by atoms with van der Waals surface area (Å²) in [4.78, 5) is 34.0. The van der Waals surface area contributed by atoms with Crippen LogP contribution >= 0.6 is 11.8 Å². The van der Waals surface area contributed by atoms with E-state index in [4.69, 9.17) is 9.47 Å². The van der Waals surface area contributed by atoms with Crippen molar-refractivity contribution in [3.8, 4) is 0 Å². The van der Waals surface area contributed by atoms with Gasteiger partial charge in [0.15, 0.2) is 0 Å². The zero-order valence-electron chi connectivity index (χ0n) is 14.5. The van der Waals surface area contributed by atoms with Crippen LogP contribution < -0.4 is 5.32 Å². The van der Waals surface area contributed by atoms with Crippen molar-refractivity contribution in [2.45, 2.75) is 39.7 Å². The summed E-state index contributed by atoms with van der Waals surface area (Å²) in [5.41, 5.74) is -0.559. The minimum absolute atomic E-state index is 0.0925. The molecule has 23 heavy (non-hydrogen) atoms. The molecule has 0 saturated heterocycles. The minimum Gasteiger partial charge on any atom is -0.469 e. The molecule has 0 aromatic carbocycles. The van der Waals surface area contributed by atoms with Gasteiger partial charge >= 0.3 is 18.0 Å². The molecule has 0 aliphatic carbocycles. The van der Waals surface area contributed by atoms with Crippen molar-refractivity contribution in [3.63, 3.8) is 0 Å². The lowest BCUT2D eigenvalue weighted by atomic mass is 10.2. The number of rotatable bonds is 9. The van der Waals surface area contributed by atoms with Gasteiger partial charge in [0, 0.05) is 11.5 Å². The molecule has 7 nitrogen and oxygen atoms in total. The van der Waals surface area contributed by atoms with E-state index in [2.05, 4.69) is 10.1 Å². The number of ether oxygens (including phenoxy) is 3. The van der Waals surface area contributed by atoms with E-state index in [-0.39, 0.29) is 31.0 Å². The Hall–Kier alpha value is -1.44. The van der Waals surface area contributed by atoms with Crippen LogP contribution in [0.4, 0.5) is 4.79 Å². The first kappa shape index (κ1) is 21.6. The van der Waals surface area contributed by atoms with Gasteiger partial charge in [0.1, 0.15) is 12.2 Å². The minimum atomic E-state index is -0.559. The van der Waals surface area contributed by atoms with Crippen LogP contribution in [0.25, 0.3) is 0 Å². The zero-order valence-corrected chi connectivity index (χ0v) is 15.3. The number of hydrogen-bond acceptors (Lipinski definition) is 7. The number of alkyl carbamates (subject to hydrolysis) is 1. The third-order valence-electron chi connectivity index (χ3n) is 2.46. The third-order valence-corrected chi connectivity index (χ3v) is 3.69. The van der Waals surface area contributed by atoms with Crippen molar-refractivity contribution < 1.29 is 28.6 Å². The Morgan fingerprint density at radius 3 is 2.43 bits per heavy atom. The quantitative estimate of drug-likeness (QED) is 0.387. The topological polar surface area (TPSA) is 90.9 Å². The summed E-state index contributed by atoms with van der Waals surface area (Å²) >= 11 is 1.49. The Labute approximate surface area is 141 Å². The molecular weight excluding hydrogens is 322 g/mol. The molecule has 0 rings (SSSR count). The van der Waals surface area contributed by atoms with Crippen molar-refractivity contribution >= 4 is 29.8 Å². The fraction of sp³-hybridized carbons (Fsp3) is 0.800. The Kier molecular flexibility index (Phi) is 10.5. The number of nitrogens with one attached hydrogen (secondary N) is 1. The van der Waals surface area contributed by atoms with Gasteiger partial charge in [0.25, 0.3) is 0 Å². The molecule has 0 radical (unpaired) electrons. The number of carbonyl (C=O) groups is 3. The van der Waals surface area contributed by atoms with Gasteiger partial charge in [-0.15, -0.1) is 0 Å². The summed E-state index contributed by atoms with van der Waals surface area (Å²) in [6.45, 7) is 7.36. The fourth-order valence-corrected chi connectivity index (χ4v) is 2.31. The van der Waals surface area contributed by atoms with E-state index in [1.807, 2.05) is 0 Å². The molecule has 1 unspecified atom stereocenters. The lowest BCUT2D eigenvalue weighted by molar-refractivity contribution is -0.147. The summed E-state index contributed by atoms with van der Waals surface area (Å²) < 4.78 is 14.7. The maximum atomic E-state index is 11.7. The molecule has 0 aliphatic rings. The average molecular weight is 349 g/mol. The van der Waals surface area contributed by atoms with Crippen LogP contribution in [0.5, 0.6) is 0 Å². The smallest absolute Gasteiger partial charge is 0.407 e. The standard InChI is InChI=1S/C15H27NO6S/c1-11(10-23-9-6-12(17)20-5)13(18)21-8-7-16-14(19)22-15(2,3)4/h11H,6-10H2,1-5H3,(H,16,19). The molecule has 134 valence electrons. The van der Waals surface area contributed by atoms with Crippen molar-refractivity contribution in [1.29, 1.82) is 0 Å². The molecule has 0 heterocycles. The number of amides is 1. The van der Waals surface area contributed by atoms with Gasteiger partial charge in [0.05, 0.1) is 26.0 Å². The summed E-state index contributed by atoms with van der Waals surface area (Å²) in [5, 5.41) is 2.51. The Bertz CT molecular complexity index is 394. The fourth-order valence-electron chi connectivity index (χ4n) is 1.35. The predicted molar refractivity (Wildman–Crippen MR) is 88.3 cm³/mol. The van der Waals surface area contributed by atoms with Crippen molar-refractivity contribution in [3.05, 3.63) is 0 Å². The average Bonchev–Trinajstić information content (AvgIpc) is 2.45. The third kappa shape index (κ3) is 12.8. The number of thioether (sulfide) groups is 1. The Morgan fingerprint density at radius 2 is 1.87 bits per heavy atom. The summed E-state index contributed by atoms with van der Waals surface area (Å²) in [7, 11) is 1.35. The van der Waals surface area contributed by atoms with Gasteiger partial charge in [-0.1, -0.05) is 6.92 Å². The molecule has 1 N–H and O–H groups in total. The van der Waals surface area contributed by atoms with Crippen LogP contribution in [0, 0.1) is 5.92 Å². The first-order valence-electron chi connectivity index (χ1n) is 7.43. The molecule has 1 amide bonds. The van der Waals surface area contributed by atoms with Gasteiger partial charge in [-0.25, -0.2) is 4.79 Å². The Balaban J connectivity index is 3.72. The molecule has 0 bridgehead atoms. The van der Waals surface area contributed by atoms with Crippen LogP contribution in [-0.4, -0.2) is 55.4 Å².